The first-order valence-corrected chi connectivity index (χ1v) is 8.79. The smallest absolute Gasteiger partial charge is 0.326 e. The third-order valence-corrected chi connectivity index (χ3v) is 4.85. The van der Waals surface area contributed by atoms with Crippen LogP contribution < -0.4 is 22.1 Å². The molecule has 2 heterocycles. The fourth-order valence-corrected chi connectivity index (χ4v) is 3.54. The first-order chi connectivity index (χ1) is 13.0. The van der Waals surface area contributed by atoms with Crippen LogP contribution in [0.15, 0.2) is 44.8 Å². The molecule has 2 aromatic heterocycles. The Morgan fingerprint density at radius 1 is 1.07 bits per heavy atom. The van der Waals surface area contributed by atoms with Crippen LogP contribution in [-0.2, 0) is 24.2 Å². The number of anilines is 1. The molecular weight excluding hydrogens is 348 g/mol. The highest BCUT2D eigenvalue weighted by Crippen LogP contribution is 2.27. The van der Waals surface area contributed by atoms with Crippen molar-refractivity contribution >= 4 is 22.5 Å². The van der Waals surface area contributed by atoms with E-state index in [0.29, 0.717) is 11.2 Å². The number of H-pyrrole nitrogens is 2. The second kappa shape index (κ2) is 6.71. The van der Waals surface area contributed by atoms with E-state index in [-0.39, 0.29) is 24.4 Å². The van der Waals surface area contributed by atoms with Crippen LogP contribution in [0.1, 0.15) is 24.0 Å². The van der Waals surface area contributed by atoms with Crippen molar-refractivity contribution in [2.45, 2.75) is 32.2 Å². The number of carbonyl (C=O) groups excluding carboxylic acids is 1. The quantitative estimate of drug-likeness (QED) is 0.636. The predicted molar refractivity (Wildman–Crippen MR) is 101 cm³/mol. The van der Waals surface area contributed by atoms with Crippen molar-refractivity contribution in [1.29, 1.82) is 0 Å². The van der Waals surface area contributed by atoms with Crippen LogP contribution >= 0.6 is 0 Å². The molecule has 3 aromatic rings. The van der Waals surface area contributed by atoms with E-state index < -0.39 is 11.2 Å². The lowest BCUT2D eigenvalue weighted by Gasteiger charge is -2.09. The third kappa shape index (κ3) is 3.33. The lowest BCUT2D eigenvalue weighted by molar-refractivity contribution is -0.116. The van der Waals surface area contributed by atoms with E-state index >= 15 is 0 Å². The van der Waals surface area contributed by atoms with Gasteiger partial charge in [-0.05, 0) is 37.0 Å². The monoisotopic (exact) mass is 366 g/mol. The van der Waals surface area contributed by atoms with Crippen LogP contribution in [0.3, 0.4) is 0 Å². The first kappa shape index (κ1) is 17.0. The second-order valence-electron chi connectivity index (χ2n) is 6.63. The lowest BCUT2D eigenvalue weighted by atomic mass is 10.1. The summed E-state index contributed by atoms with van der Waals surface area (Å²) in [6.07, 6.45) is 4.12. The zero-order chi connectivity index (χ0) is 19.0. The van der Waals surface area contributed by atoms with Gasteiger partial charge < -0.3 is 14.9 Å². The summed E-state index contributed by atoms with van der Waals surface area (Å²) >= 11 is 0. The minimum atomic E-state index is -0.549. The van der Waals surface area contributed by atoms with E-state index in [1.165, 1.54) is 16.8 Å². The summed E-state index contributed by atoms with van der Waals surface area (Å²) in [5.74, 6) is -0.268. The van der Waals surface area contributed by atoms with Gasteiger partial charge in [-0.25, -0.2) is 4.79 Å². The standard InChI is InChI=1S/C19H18N4O4/c24-16(6-8-23-9-7-17(25)22-19(23)27)20-11-4-5-13-12-2-1-3-14(12)18(26)21-15(13)10-11/h4-5,7,9-10H,1-3,6,8H2,(H,20,24)(H,21,26)(H,22,25,27). The van der Waals surface area contributed by atoms with Crippen LogP contribution in [0.4, 0.5) is 5.69 Å². The summed E-state index contributed by atoms with van der Waals surface area (Å²) in [5.41, 5.74) is 2.17. The van der Waals surface area contributed by atoms with Gasteiger partial charge in [0.2, 0.25) is 5.91 Å². The SMILES string of the molecule is O=C(CCn1ccc(=O)[nH]c1=O)Nc1ccc2c3c(c(=O)[nH]c2c1)CCC3. The molecular formula is C19H18N4O4. The number of aromatic amines is 2. The molecule has 1 aromatic carbocycles. The maximum Gasteiger partial charge on any atom is 0.328 e. The number of nitrogens with one attached hydrogen (secondary N) is 3. The summed E-state index contributed by atoms with van der Waals surface area (Å²) in [4.78, 5) is 52.1. The molecule has 0 aliphatic heterocycles. The number of carbonyl (C=O) groups is 1. The number of aromatic nitrogens is 3. The number of hydrogen-bond donors (Lipinski definition) is 3. The molecule has 0 atom stereocenters. The van der Waals surface area contributed by atoms with Gasteiger partial charge in [0.05, 0.1) is 5.52 Å². The molecule has 0 spiro atoms. The van der Waals surface area contributed by atoms with E-state index in [1.54, 1.807) is 6.07 Å². The Balaban J connectivity index is 1.50. The molecule has 1 amide bonds. The summed E-state index contributed by atoms with van der Waals surface area (Å²) in [6.45, 7) is 0.152. The Hall–Kier alpha value is -3.42. The van der Waals surface area contributed by atoms with Crippen LogP contribution in [-0.4, -0.2) is 20.4 Å². The van der Waals surface area contributed by atoms with Gasteiger partial charge in [0.25, 0.3) is 11.1 Å². The molecule has 27 heavy (non-hydrogen) atoms. The third-order valence-electron chi connectivity index (χ3n) is 4.85. The minimum absolute atomic E-state index is 0.0593. The van der Waals surface area contributed by atoms with Gasteiger partial charge >= 0.3 is 5.69 Å². The van der Waals surface area contributed by atoms with Crippen molar-refractivity contribution in [3.63, 3.8) is 0 Å². The highest BCUT2D eigenvalue weighted by Gasteiger charge is 2.18. The number of rotatable bonds is 4. The molecule has 8 heteroatoms. The van der Waals surface area contributed by atoms with Gasteiger partial charge in [-0.3, -0.25) is 19.4 Å². The summed E-state index contributed by atoms with van der Waals surface area (Å²) in [7, 11) is 0. The maximum atomic E-state index is 12.2. The van der Waals surface area contributed by atoms with Crippen LogP contribution in [0.5, 0.6) is 0 Å². The van der Waals surface area contributed by atoms with Crippen molar-refractivity contribution in [3.05, 3.63) is 72.8 Å². The van der Waals surface area contributed by atoms with E-state index in [0.717, 1.165) is 35.8 Å². The van der Waals surface area contributed by atoms with Gasteiger partial charge in [0.15, 0.2) is 0 Å². The Kier molecular flexibility index (Phi) is 4.23. The molecule has 3 N–H and O–H groups in total. The molecule has 0 unspecified atom stereocenters. The van der Waals surface area contributed by atoms with E-state index in [1.807, 2.05) is 12.1 Å². The predicted octanol–water partition coefficient (Wildman–Crippen LogP) is 0.896. The van der Waals surface area contributed by atoms with Gasteiger partial charge in [-0.1, -0.05) is 6.07 Å². The van der Waals surface area contributed by atoms with E-state index in [4.69, 9.17) is 0 Å². The van der Waals surface area contributed by atoms with Crippen molar-refractivity contribution in [3.8, 4) is 0 Å². The van der Waals surface area contributed by atoms with Gasteiger partial charge in [-0.15, -0.1) is 0 Å². The fourth-order valence-electron chi connectivity index (χ4n) is 3.54. The number of fused-ring (bicyclic) bond motifs is 3. The molecule has 8 nitrogen and oxygen atoms in total. The summed E-state index contributed by atoms with van der Waals surface area (Å²) in [6, 6.07) is 6.71. The molecule has 0 saturated heterocycles. The average molecular weight is 366 g/mol. The van der Waals surface area contributed by atoms with E-state index in [2.05, 4.69) is 15.3 Å². The molecule has 1 aliphatic carbocycles. The van der Waals surface area contributed by atoms with Gasteiger partial charge in [0, 0.05) is 41.9 Å². The normalized spacial score (nSPS) is 12.9. The maximum absolute atomic E-state index is 12.2. The zero-order valence-electron chi connectivity index (χ0n) is 14.5. The van der Waals surface area contributed by atoms with Crippen LogP contribution in [0.25, 0.3) is 10.9 Å². The zero-order valence-corrected chi connectivity index (χ0v) is 14.5. The minimum Gasteiger partial charge on any atom is -0.326 e. The highest BCUT2D eigenvalue weighted by atomic mass is 16.2. The number of amides is 1. The van der Waals surface area contributed by atoms with Crippen molar-refractivity contribution in [2.24, 2.45) is 0 Å². The summed E-state index contributed by atoms with van der Waals surface area (Å²) in [5, 5.41) is 3.79. The number of nitrogens with zero attached hydrogens (tertiary/aromatic N) is 1. The highest BCUT2D eigenvalue weighted by molar-refractivity contribution is 5.94. The largest absolute Gasteiger partial charge is 0.328 e. The summed E-state index contributed by atoms with van der Waals surface area (Å²) < 4.78 is 1.27. The second-order valence-corrected chi connectivity index (χ2v) is 6.63. The number of benzene rings is 1. The Morgan fingerprint density at radius 2 is 1.89 bits per heavy atom. The van der Waals surface area contributed by atoms with Gasteiger partial charge in [-0.2, -0.15) is 0 Å². The lowest BCUT2D eigenvalue weighted by Crippen LogP contribution is -2.29. The van der Waals surface area contributed by atoms with Crippen molar-refractivity contribution < 1.29 is 4.79 Å². The van der Waals surface area contributed by atoms with Crippen molar-refractivity contribution in [2.75, 3.05) is 5.32 Å². The fraction of sp³-hybridized carbons (Fsp3) is 0.263. The average Bonchev–Trinajstić information content (AvgIpc) is 3.11. The molecule has 1 aliphatic rings. The van der Waals surface area contributed by atoms with Gasteiger partial charge in [0.1, 0.15) is 0 Å². The number of aryl methyl sites for hydroxylation is 2. The molecule has 0 radical (unpaired) electrons. The molecule has 4 rings (SSSR count). The van der Waals surface area contributed by atoms with Crippen LogP contribution in [0, 0.1) is 0 Å². The Bertz CT molecular complexity index is 1220. The number of pyridine rings is 1. The molecule has 0 bridgehead atoms. The molecule has 138 valence electrons. The topological polar surface area (TPSA) is 117 Å². The van der Waals surface area contributed by atoms with Crippen LogP contribution in [0.2, 0.25) is 0 Å². The first-order valence-electron chi connectivity index (χ1n) is 8.79. The molecule has 0 fully saturated rings. The Labute approximate surface area is 152 Å². The molecule has 0 saturated carbocycles. The number of hydrogen-bond acceptors (Lipinski definition) is 4. The Morgan fingerprint density at radius 3 is 2.70 bits per heavy atom. The van der Waals surface area contributed by atoms with E-state index in [9.17, 15) is 19.2 Å². The van der Waals surface area contributed by atoms with Crippen molar-refractivity contribution in [1.82, 2.24) is 14.5 Å².